The molecule has 3 nitrogen and oxygen atoms in total. The Morgan fingerprint density at radius 3 is 3.00 bits per heavy atom. The van der Waals surface area contributed by atoms with Crippen LogP contribution in [0, 0.1) is 5.82 Å². The molecule has 1 saturated heterocycles. The van der Waals surface area contributed by atoms with Gasteiger partial charge >= 0.3 is 6.09 Å². The van der Waals surface area contributed by atoms with Gasteiger partial charge in [-0.1, -0.05) is 15.9 Å². The Labute approximate surface area is 88.4 Å². The Balaban J connectivity index is 2.31. The van der Waals surface area contributed by atoms with Crippen LogP contribution in [0.15, 0.2) is 22.7 Å². The topological polar surface area (TPSA) is 38.3 Å². The quantitative estimate of drug-likeness (QED) is 0.841. The van der Waals surface area contributed by atoms with Gasteiger partial charge in [0.05, 0.1) is 6.04 Å². The highest BCUT2D eigenvalue weighted by atomic mass is 79.9. The normalized spacial score (nSPS) is 20.4. The number of benzene rings is 1. The molecule has 1 aliphatic heterocycles. The van der Waals surface area contributed by atoms with E-state index < -0.39 is 6.09 Å². The van der Waals surface area contributed by atoms with Gasteiger partial charge < -0.3 is 10.1 Å². The first-order valence-electron chi connectivity index (χ1n) is 4.05. The smallest absolute Gasteiger partial charge is 0.407 e. The van der Waals surface area contributed by atoms with Gasteiger partial charge in [0.15, 0.2) is 0 Å². The summed E-state index contributed by atoms with van der Waals surface area (Å²) in [6, 6.07) is 4.20. The summed E-state index contributed by atoms with van der Waals surface area (Å²) in [7, 11) is 0. The molecule has 0 saturated carbocycles. The van der Waals surface area contributed by atoms with E-state index in [1.807, 2.05) is 0 Å². The average Bonchev–Trinajstić information content (AvgIpc) is 2.56. The number of halogens is 2. The highest BCUT2D eigenvalue weighted by Gasteiger charge is 2.26. The molecule has 1 aliphatic rings. The van der Waals surface area contributed by atoms with Gasteiger partial charge in [0.2, 0.25) is 0 Å². The monoisotopic (exact) mass is 259 g/mol. The van der Waals surface area contributed by atoms with E-state index in [4.69, 9.17) is 0 Å². The summed E-state index contributed by atoms with van der Waals surface area (Å²) in [6.45, 7) is 0.173. The molecule has 0 bridgehead atoms. The average molecular weight is 260 g/mol. The Morgan fingerprint density at radius 1 is 1.57 bits per heavy atom. The number of rotatable bonds is 1. The molecule has 0 spiro atoms. The first-order chi connectivity index (χ1) is 6.66. The molecule has 2 rings (SSSR count). The summed E-state index contributed by atoms with van der Waals surface area (Å²) in [5.74, 6) is -0.344. The first kappa shape index (κ1) is 9.45. The lowest BCUT2D eigenvalue weighted by Crippen LogP contribution is -2.19. The molecule has 1 heterocycles. The summed E-state index contributed by atoms with van der Waals surface area (Å²) in [6.07, 6.45) is -0.505. The molecule has 5 heteroatoms. The molecule has 0 aliphatic carbocycles. The summed E-state index contributed by atoms with van der Waals surface area (Å²) in [5, 5.41) is 2.52. The lowest BCUT2D eigenvalue weighted by molar-refractivity contribution is 0.177. The van der Waals surface area contributed by atoms with Crippen molar-refractivity contribution < 1.29 is 13.9 Å². The van der Waals surface area contributed by atoms with Crippen molar-refractivity contribution in [2.75, 3.05) is 6.61 Å². The van der Waals surface area contributed by atoms with Gasteiger partial charge in [-0.2, -0.15) is 0 Å². The van der Waals surface area contributed by atoms with Crippen molar-refractivity contribution in [3.05, 3.63) is 34.1 Å². The fourth-order valence-electron chi connectivity index (χ4n) is 1.33. The van der Waals surface area contributed by atoms with Crippen LogP contribution >= 0.6 is 15.9 Å². The lowest BCUT2D eigenvalue weighted by atomic mass is 10.1. The van der Waals surface area contributed by atoms with Crippen LogP contribution in [0.2, 0.25) is 0 Å². The van der Waals surface area contributed by atoms with E-state index >= 15 is 0 Å². The van der Waals surface area contributed by atoms with Crippen LogP contribution in [0.3, 0.4) is 0 Å². The summed E-state index contributed by atoms with van der Waals surface area (Å²) >= 11 is 3.24. The van der Waals surface area contributed by atoms with Crippen molar-refractivity contribution in [3.63, 3.8) is 0 Å². The van der Waals surface area contributed by atoms with Crippen LogP contribution in [0.4, 0.5) is 9.18 Å². The standard InChI is InChI=1S/C9H7BrFNO2/c10-5-1-2-7(11)6(3-5)8-4-14-9(13)12-8/h1-3,8H,4H2,(H,12,13)/t8-/m1/s1. The minimum Gasteiger partial charge on any atom is -0.447 e. The van der Waals surface area contributed by atoms with Gasteiger partial charge in [-0.05, 0) is 18.2 Å². The second-order valence-electron chi connectivity index (χ2n) is 2.96. The lowest BCUT2D eigenvalue weighted by Gasteiger charge is -2.08. The van der Waals surface area contributed by atoms with Crippen molar-refractivity contribution in [3.8, 4) is 0 Å². The van der Waals surface area contributed by atoms with Crippen LogP contribution in [0.1, 0.15) is 11.6 Å². The van der Waals surface area contributed by atoms with Gasteiger partial charge in [-0.15, -0.1) is 0 Å². The van der Waals surface area contributed by atoms with E-state index in [1.54, 1.807) is 12.1 Å². The van der Waals surface area contributed by atoms with E-state index in [9.17, 15) is 9.18 Å². The number of carbonyl (C=O) groups excluding carboxylic acids is 1. The van der Waals surface area contributed by atoms with Crippen LogP contribution < -0.4 is 5.32 Å². The molecular weight excluding hydrogens is 253 g/mol. The number of nitrogens with one attached hydrogen (secondary N) is 1. The third kappa shape index (κ3) is 1.72. The van der Waals surface area contributed by atoms with Crippen LogP contribution in [-0.4, -0.2) is 12.7 Å². The Hall–Kier alpha value is -1.10. The van der Waals surface area contributed by atoms with Crippen LogP contribution in [0.25, 0.3) is 0 Å². The van der Waals surface area contributed by atoms with Crippen molar-refractivity contribution in [1.29, 1.82) is 0 Å². The minimum atomic E-state index is -0.505. The Bertz CT molecular complexity index is 383. The fraction of sp³-hybridized carbons (Fsp3) is 0.222. The van der Waals surface area contributed by atoms with Gasteiger partial charge in [-0.3, -0.25) is 0 Å². The van der Waals surface area contributed by atoms with E-state index in [-0.39, 0.29) is 18.5 Å². The summed E-state index contributed by atoms with van der Waals surface area (Å²) in [5.41, 5.74) is 0.435. The molecular formula is C9H7BrFNO2. The van der Waals surface area contributed by atoms with Crippen molar-refractivity contribution in [2.45, 2.75) is 6.04 Å². The summed E-state index contributed by atoms with van der Waals surface area (Å²) < 4.78 is 18.8. The fourth-order valence-corrected chi connectivity index (χ4v) is 1.71. The molecule has 0 radical (unpaired) electrons. The van der Waals surface area contributed by atoms with Crippen molar-refractivity contribution in [1.82, 2.24) is 5.32 Å². The predicted molar refractivity (Wildman–Crippen MR) is 51.3 cm³/mol. The molecule has 1 aromatic rings. The van der Waals surface area contributed by atoms with E-state index in [0.29, 0.717) is 5.56 Å². The zero-order chi connectivity index (χ0) is 10.1. The number of cyclic esters (lactones) is 1. The maximum Gasteiger partial charge on any atom is 0.407 e. The molecule has 1 atom stereocenters. The van der Waals surface area contributed by atoms with E-state index in [2.05, 4.69) is 26.0 Å². The van der Waals surface area contributed by atoms with Gasteiger partial charge in [-0.25, -0.2) is 9.18 Å². The highest BCUT2D eigenvalue weighted by Crippen LogP contribution is 2.24. The zero-order valence-corrected chi connectivity index (χ0v) is 8.67. The minimum absolute atomic E-state index is 0.173. The maximum absolute atomic E-state index is 13.3. The van der Waals surface area contributed by atoms with Gasteiger partial charge in [0.25, 0.3) is 0 Å². The number of ether oxygens (including phenoxy) is 1. The SMILES string of the molecule is O=C1N[C@@H](c2cc(Br)ccc2F)CO1. The number of amides is 1. The van der Waals surface area contributed by atoms with Crippen LogP contribution in [0.5, 0.6) is 0 Å². The Kier molecular flexibility index (Phi) is 2.41. The molecule has 1 amide bonds. The first-order valence-corrected chi connectivity index (χ1v) is 4.84. The van der Waals surface area contributed by atoms with E-state index in [1.165, 1.54) is 6.07 Å². The van der Waals surface area contributed by atoms with Crippen LogP contribution in [-0.2, 0) is 4.74 Å². The second-order valence-corrected chi connectivity index (χ2v) is 3.88. The Morgan fingerprint density at radius 2 is 2.36 bits per heavy atom. The zero-order valence-electron chi connectivity index (χ0n) is 7.09. The molecule has 1 fully saturated rings. The van der Waals surface area contributed by atoms with Crippen molar-refractivity contribution in [2.24, 2.45) is 0 Å². The van der Waals surface area contributed by atoms with Gasteiger partial charge in [0.1, 0.15) is 12.4 Å². The third-order valence-corrected chi connectivity index (χ3v) is 2.50. The third-order valence-electron chi connectivity index (χ3n) is 2.01. The van der Waals surface area contributed by atoms with E-state index in [0.717, 1.165) is 4.47 Å². The maximum atomic E-state index is 13.3. The number of hydrogen-bond donors (Lipinski definition) is 1. The number of carbonyl (C=O) groups is 1. The largest absolute Gasteiger partial charge is 0.447 e. The molecule has 0 unspecified atom stereocenters. The highest BCUT2D eigenvalue weighted by molar-refractivity contribution is 9.10. The molecule has 0 aromatic heterocycles. The van der Waals surface area contributed by atoms with Gasteiger partial charge in [0, 0.05) is 10.0 Å². The number of hydrogen-bond acceptors (Lipinski definition) is 2. The molecule has 1 N–H and O–H groups in total. The number of alkyl carbamates (subject to hydrolysis) is 1. The summed E-state index contributed by atoms with van der Waals surface area (Å²) in [4.78, 5) is 10.8. The predicted octanol–water partition coefficient (Wildman–Crippen LogP) is 2.37. The molecule has 1 aromatic carbocycles. The second kappa shape index (κ2) is 3.57. The molecule has 14 heavy (non-hydrogen) atoms. The van der Waals surface area contributed by atoms with Crippen molar-refractivity contribution >= 4 is 22.0 Å². The molecule has 74 valence electrons.